The van der Waals surface area contributed by atoms with Gasteiger partial charge in [0.1, 0.15) is 11.5 Å². The first kappa shape index (κ1) is 24.2. The molecule has 0 amide bonds. The summed E-state index contributed by atoms with van der Waals surface area (Å²) in [4.78, 5) is 0. The largest absolute Gasteiger partial charge is 0.456 e. The predicted molar refractivity (Wildman–Crippen MR) is 178 cm³/mol. The monoisotopic (exact) mass is 548 g/mol. The molecule has 2 aliphatic rings. The highest BCUT2D eigenvalue weighted by molar-refractivity contribution is 6.11. The second kappa shape index (κ2) is 9.05. The Morgan fingerprint density at radius 3 is 1.93 bits per heavy atom. The van der Waals surface area contributed by atoms with Crippen molar-refractivity contribution in [3.05, 3.63) is 168 Å². The average molecular weight is 549 g/mol. The molecule has 7 aromatic carbocycles. The second-order valence-electron chi connectivity index (χ2n) is 11.8. The Balaban J connectivity index is 1.25. The van der Waals surface area contributed by atoms with Crippen molar-refractivity contribution in [2.45, 2.75) is 12.3 Å². The van der Waals surface area contributed by atoms with Crippen LogP contribution in [0.15, 0.2) is 152 Å². The number of para-hydroxylation sites is 1. The summed E-state index contributed by atoms with van der Waals surface area (Å²) in [6.45, 7) is 2.38. The Hall–Kier alpha value is -5.40. The molecule has 43 heavy (non-hydrogen) atoms. The molecule has 1 aliphatic carbocycles. The van der Waals surface area contributed by atoms with E-state index < -0.39 is 0 Å². The van der Waals surface area contributed by atoms with E-state index in [1.165, 1.54) is 66.4 Å². The first-order chi connectivity index (χ1) is 21.2. The highest BCUT2D eigenvalue weighted by Gasteiger charge is 2.40. The lowest BCUT2D eigenvalue weighted by atomic mass is 9.74. The molecule has 0 spiro atoms. The highest BCUT2D eigenvalue weighted by atomic mass is 16.5. The zero-order valence-electron chi connectivity index (χ0n) is 23.8. The molecule has 0 saturated heterocycles. The standard InChI is InChI=1S/C42H28O/c1-42(28-12-3-2-4-13-28)37-20-9-7-16-32(37)33-23-22-27(26-38(33)42)29-14-5-6-15-30(29)31-24-25-40-41-35(31)18-11-19-36(41)34-17-8-10-21-39(34)43-40/h2-26H,1H3. The van der Waals surface area contributed by atoms with Crippen LogP contribution in [0.1, 0.15) is 23.6 Å². The zero-order chi connectivity index (χ0) is 28.5. The molecule has 1 aliphatic heterocycles. The minimum Gasteiger partial charge on any atom is -0.456 e. The van der Waals surface area contributed by atoms with Gasteiger partial charge in [-0.15, -0.1) is 0 Å². The molecule has 0 aromatic heterocycles. The van der Waals surface area contributed by atoms with Crippen molar-refractivity contribution in [1.82, 2.24) is 0 Å². The van der Waals surface area contributed by atoms with E-state index in [2.05, 4.69) is 153 Å². The van der Waals surface area contributed by atoms with Crippen molar-refractivity contribution in [2.75, 3.05) is 0 Å². The van der Waals surface area contributed by atoms with Crippen LogP contribution < -0.4 is 4.74 Å². The van der Waals surface area contributed by atoms with Crippen molar-refractivity contribution in [3.63, 3.8) is 0 Å². The van der Waals surface area contributed by atoms with Crippen LogP contribution >= 0.6 is 0 Å². The molecule has 1 atom stereocenters. The lowest BCUT2D eigenvalue weighted by Gasteiger charge is -2.28. The number of benzene rings is 7. The maximum atomic E-state index is 6.40. The van der Waals surface area contributed by atoms with E-state index >= 15 is 0 Å². The van der Waals surface area contributed by atoms with Crippen LogP contribution in [0.2, 0.25) is 0 Å². The summed E-state index contributed by atoms with van der Waals surface area (Å²) in [5, 5.41) is 2.38. The fourth-order valence-electron chi connectivity index (χ4n) is 7.53. The van der Waals surface area contributed by atoms with Gasteiger partial charge in [-0.2, -0.15) is 0 Å². The molecular weight excluding hydrogens is 520 g/mol. The normalized spacial score (nSPS) is 15.8. The van der Waals surface area contributed by atoms with Gasteiger partial charge in [0, 0.05) is 16.4 Å². The summed E-state index contributed by atoms with van der Waals surface area (Å²) in [5.41, 5.74) is 13.7. The first-order valence-corrected chi connectivity index (χ1v) is 14.9. The lowest BCUT2D eigenvalue weighted by molar-refractivity contribution is 0.487. The summed E-state index contributed by atoms with van der Waals surface area (Å²) in [6.07, 6.45) is 0. The molecule has 0 bridgehead atoms. The Bertz CT molecular complexity index is 2230. The molecule has 0 N–H and O–H groups in total. The first-order valence-electron chi connectivity index (χ1n) is 14.9. The van der Waals surface area contributed by atoms with Crippen LogP contribution in [-0.4, -0.2) is 0 Å². The fourth-order valence-corrected chi connectivity index (χ4v) is 7.53. The molecule has 0 radical (unpaired) electrons. The summed E-state index contributed by atoms with van der Waals surface area (Å²) in [6, 6.07) is 55.0. The Kier molecular flexibility index (Phi) is 5.10. The number of ether oxygens (including phenoxy) is 1. The molecule has 202 valence electrons. The molecule has 7 aromatic rings. The van der Waals surface area contributed by atoms with E-state index in [9.17, 15) is 0 Å². The molecule has 1 heteroatoms. The minimum absolute atomic E-state index is 0.233. The van der Waals surface area contributed by atoms with Gasteiger partial charge in [-0.3, -0.25) is 0 Å². The molecule has 9 rings (SSSR count). The molecule has 1 nitrogen and oxygen atoms in total. The van der Waals surface area contributed by atoms with E-state index in [0.29, 0.717) is 0 Å². The summed E-state index contributed by atoms with van der Waals surface area (Å²) in [5.74, 6) is 1.83. The van der Waals surface area contributed by atoms with Gasteiger partial charge in [0.25, 0.3) is 0 Å². The molecule has 0 fully saturated rings. The molecular formula is C42H28O. The smallest absolute Gasteiger partial charge is 0.135 e. The van der Waals surface area contributed by atoms with Crippen LogP contribution in [0.5, 0.6) is 11.5 Å². The van der Waals surface area contributed by atoms with Gasteiger partial charge in [-0.1, -0.05) is 133 Å². The van der Waals surface area contributed by atoms with Crippen LogP contribution in [0.3, 0.4) is 0 Å². The van der Waals surface area contributed by atoms with Crippen LogP contribution in [0.25, 0.3) is 55.3 Å². The predicted octanol–water partition coefficient (Wildman–Crippen LogP) is 11.3. The maximum absolute atomic E-state index is 6.40. The average Bonchev–Trinajstić information content (AvgIpc) is 3.34. The van der Waals surface area contributed by atoms with Gasteiger partial charge in [0.15, 0.2) is 0 Å². The van der Waals surface area contributed by atoms with Gasteiger partial charge in [-0.05, 0) is 86.1 Å². The van der Waals surface area contributed by atoms with Gasteiger partial charge in [0.2, 0.25) is 0 Å². The number of hydrogen-bond acceptors (Lipinski definition) is 1. The van der Waals surface area contributed by atoms with Crippen molar-refractivity contribution in [2.24, 2.45) is 0 Å². The highest BCUT2D eigenvalue weighted by Crippen LogP contribution is 2.54. The minimum atomic E-state index is -0.233. The Morgan fingerprint density at radius 1 is 0.419 bits per heavy atom. The van der Waals surface area contributed by atoms with E-state index in [1.54, 1.807) is 0 Å². The summed E-state index contributed by atoms with van der Waals surface area (Å²) in [7, 11) is 0. The summed E-state index contributed by atoms with van der Waals surface area (Å²) < 4.78 is 6.40. The van der Waals surface area contributed by atoms with Gasteiger partial charge in [-0.25, -0.2) is 0 Å². The number of fused-ring (bicyclic) bond motifs is 5. The zero-order valence-corrected chi connectivity index (χ0v) is 23.8. The van der Waals surface area contributed by atoms with E-state index in [1.807, 2.05) is 6.07 Å². The van der Waals surface area contributed by atoms with Gasteiger partial charge >= 0.3 is 0 Å². The van der Waals surface area contributed by atoms with Gasteiger partial charge < -0.3 is 4.74 Å². The Labute approximate surface area is 251 Å². The van der Waals surface area contributed by atoms with Crippen LogP contribution in [-0.2, 0) is 5.41 Å². The van der Waals surface area contributed by atoms with Crippen molar-refractivity contribution in [1.29, 1.82) is 0 Å². The van der Waals surface area contributed by atoms with Crippen LogP contribution in [0, 0.1) is 0 Å². The second-order valence-corrected chi connectivity index (χ2v) is 11.8. The van der Waals surface area contributed by atoms with Crippen molar-refractivity contribution >= 4 is 10.8 Å². The van der Waals surface area contributed by atoms with Crippen LogP contribution in [0.4, 0.5) is 0 Å². The Morgan fingerprint density at radius 2 is 1.07 bits per heavy atom. The molecule has 1 heterocycles. The number of rotatable bonds is 3. The van der Waals surface area contributed by atoms with E-state index in [-0.39, 0.29) is 5.41 Å². The quantitative estimate of drug-likeness (QED) is 0.213. The SMILES string of the molecule is CC1(c2ccccc2)c2ccccc2-c2ccc(-c3ccccc3-c3ccc4c5c(cccc35)-c3ccccc3O4)cc21. The van der Waals surface area contributed by atoms with E-state index in [0.717, 1.165) is 17.1 Å². The van der Waals surface area contributed by atoms with Crippen molar-refractivity contribution in [3.8, 4) is 56.0 Å². The number of hydrogen-bond donors (Lipinski definition) is 0. The summed E-state index contributed by atoms with van der Waals surface area (Å²) >= 11 is 0. The third kappa shape index (κ3) is 3.40. The third-order valence-corrected chi connectivity index (χ3v) is 9.59. The maximum Gasteiger partial charge on any atom is 0.135 e. The third-order valence-electron chi connectivity index (χ3n) is 9.59. The molecule has 0 saturated carbocycles. The fraction of sp³-hybridized carbons (Fsp3) is 0.0476. The van der Waals surface area contributed by atoms with Gasteiger partial charge in [0.05, 0.1) is 0 Å². The lowest BCUT2D eigenvalue weighted by Crippen LogP contribution is -2.22. The van der Waals surface area contributed by atoms with Crippen molar-refractivity contribution < 1.29 is 4.74 Å². The van der Waals surface area contributed by atoms with E-state index in [4.69, 9.17) is 4.74 Å². The molecule has 1 unspecified atom stereocenters. The topological polar surface area (TPSA) is 9.23 Å².